The lowest BCUT2D eigenvalue weighted by Gasteiger charge is -2.41. The van der Waals surface area contributed by atoms with E-state index in [0.29, 0.717) is 5.56 Å². The number of para-hydroxylation sites is 1. The average Bonchev–Trinajstić information content (AvgIpc) is 2.73. The zero-order valence-electron chi connectivity index (χ0n) is 15.4. The third kappa shape index (κ3) is 4.86. The molecular formula is C18H26O11. The Balaban J connectivity index is 1.64. The van der Waals surface area contributed by atoms with E-state index < -0.39 is 55.3 Å². The Morgan fingerprint density at radius 1 is 0.862 bits per heavy atom. The second-order valence-corrected chi connectivity index (χ2v) is 6.98. The Hall–Kier alpha value is -1.38. The van der Waals surface area contributed by atoms with E-state index in [2.05, 4.69) is 0 Å². The first-order chi connectivity index (χ1) is 13.8. The van der Waals surface area contributed by atoms with Gasteiger partial charge in [0.1, 0.15) is 48.5 Å². The topological polar surface area (TPSA) is 179 Å². The first-order valence-corrected chi connectivity index (χ1v) is 9.16. The highest BCUT2D eigenvalue weighted by Crippen LogP contribution is 2.27. The fourth-order valence-electron chi connectivity index (χ4n) is 3.14. The molecule has 2 aliphatic heterocycles. The van der Waals surface area contributed by atoms with Crippen molar-refractivity contribution in [1.82, 2.24) is 0 Å². The van der Waals surface area contributed by atoms with Gasteiger partial charge in [0.05, 0.1) is 19.8 Å². The molecule has 2 aliphatic rings. The van der Waals surface area contributed by atoms with Gasteiger partial charge in [-0.2, -0.15) is 0 Å². The second-order valence-electron chi connectivity index (χ2n) is 6.98. The van der Waals surface area contributed by atoms with Crippen LogP contribution in [0.4, 0.5) is 0 Å². The standard InChI is InChI=1S/C18H26O11/c19-5-8-3-1-2-4-10(8)28-18-16(25)14(23)13(22)11(29-18)7-27-17-15(24)12(21)9(20)6-26-17/h1-4,9,11-25H,5-7H2/t9-,11-,12+,13-,14+,15-,16-,17+,18-/m1/s1. The van der Waals surface area contributed by atoms with E-state index in [1.807, 2.05) is 0 Å². The number of hydrogen-bond acceptors (Lipinski definition) is 11. The first-order valence-electron chi connectivity index (χ1n) is 9.16. The fourth-order valence-corrected chi connectivity index (χ4v) is 3.14. The zero-order chi connectivity index (χ0) is 21.1. The maximum absolute atomic E-state index is 10.2. The lowest BCUT2D eigenvalue weighted by atomic mass is 9.99. The van der Waals surface area contributed by atoms with Crippen molar-refractivity contribution in [1.29, 1.82) is 0 Å². The third-order valence-corrected chi connectivity index (χ3v) is 4.93. The molecule has 9 atom stereocenters. The SMILES string of the molecule is OCc1ccccc1O[C@@H]1O[C@H](CO[C@@H]2OC[C@@H](O)[C@H](O)[C@H]2O)[C@@H](O)[C@H](O)[C@H]1O. The number of ether oxygens (including phenoxy) is 4. The second kappa shape index (κ2) is 9.62. The van der Waals surface area contributed by atoms with E-state index in [-0.39, 0.29) is 25.6 Å². The molecule has 1 aromatic carbocycles. The van der Waals surface area contributed by atoms with Crippen molar-refractivity contribution < 1.29 is 54.7 Å². The number of rotatable bonds is 6. The van der Waals surface area contributed by atoms with Crippen molar-refractivity contribution in [3.63, 3.8) is 0 Å². The molecule has 11 heteroatoms. The normalized spacial score (nSPS) is 40.6. The van der Waals surface area contributed by atoms with Crippen molar-refractivity contribution in [2.24, 2.45) is 0 Å². The van der Waals surface area contributed by atoms with Crippen molar-refractivity contribution in [3.05, 3.63) is 29.8 Å². The summed E-state index contributed by atoms with van der Waals surface area (Å²) in [6.45, 7) is -0.958. The summed E-state index contributed by atoms with van der Waals surface area (Å²) in [4.78, 5) is 0. The summed E-state index contributed by atoms with van der Waals surface area (Å²) in [6, 6.07) is 6.49. The molecule has 29 heavy (non-hydrogen) atoms. The molecule has 2 fully saturated rings. The lowest BCUT2D eigenvalue weighted by Crippen LogP contribution is -2.61. The van der Waals surface area contributed by atoms with Crippen LogP contribution in [-0.2, 0) is 20.8 Å². The minimum atomic E-state index is -1.62. The zero-order valence-corrected chi connectivity index (χ0v) is 15.4. The van der Waals surface area contributed by atoms with Crippen LogP contribution in [0.2, 0.25) is 0 Å². The van der Waals surface area contributed by atoms with Crippen LogP contribution in [0.3, 0.4) is 0 Å². The highest BCUT2D eigenvalue weighted by molar-refractivity contribution is 5.32. The summed E-state index contributed by atoms with van der Waals surface area (Å²) in [7, 11) is 0. The van der Waals surface area contributed by atoms with Gasteiger partial charge in [-0.15, -0.1) is 0 Å². The Labute approximate surface area is 166 Å². The van der Waals surface area contributed by atoms with Gasteiger partial charge in [-0.1, -0.05) is 18.2 Å². The van der Waals surface area contributed by atoms with Crippen molar-refractivity contribution in [2.75, 3.05) is 13.2 Å². The van der Waals surface area contributed by atoms with Crippen LogP contribution >= 0.6 is 0 Å². The molecule has 0 bridgehead atoms. The predicted molar refractivity (Wildman–Crippen MR) is 93.4 cm³/mol. The van der Waals surface area contributed by atoms with Gasteiger partial charge in [0, 0.05) is 5.56 Å². The Morgan fingerprint density at radius 2 is 1.55 bits per heavy atom. The summed E-state index contributed by atoms with van der Waals surface area (Å²) in [5.74, 6) is 0.227. The van der Waals surface area contributed by atoms with E-state index >= 15 is 0 Å². The molecule has 1 aromatic rings. The maximum atomic E-state index is 10.2. The van der Waals surface area contributed by atoms with Gasteiger partial charge in [0.2, 0.25) is 6.29 Å². The van der Waals surface area contributed by atoms with Crippen LogP contribution in [-0.4, -0.2) is 104 Å². The molecule has 11 nitrogen and oxygen atoms in total. The number of aliphatic hydroxyl groups is 7. The Kier molecular flexibility index (Phi) is 7.40. The van der Waals surface area contributed by atoms with Gasteiger partial charge in [-0.05, 0) is 6.07 Å². The van der Waals surface area contributed by atoms with Crippen LogP contribution in [0.25, 0.3) is 0 Å². The van der Waals surface area contributed by atoms with Gasteiger partial charge < -0.3 is 54.7 Å². The highest BCUT2D eigenvalue weighted by atomic mass is 16.7. The Morgan fingerprint density at radius 3 is 2.28 bits per heavy atom. The summed E-state index contributed by atoms with van der Waals surface area (Å²) in [6.07, 6.45) is -12.8. The van der Waals surface area contributed by atoms with Crippen LogP contribution in [0.15, 0.2) is 24.3 Å². The number of benzene rings is 1. The molecule has 0 unspecified atom stereocenters. The largest absolute Gasteiger partial charge is 0.462 e. The molecule has 0 radical (unpaired) electrons. The van der Waals surface area contributed by atoms with E-state index in [1.165, 1.54) is 0 Å². The minimum absolute atomic E-state index is 0.227. The molecule has 0 aromatic heterocycles. The molecular weight excluding hydrogens is 392 g/mol. The Bertz CT molecular complexity index is 658. The van der Waals surface area contributed by atoms with Crippen molar-refractivity contribution in [3.8, 4) is 5.75 Å². The third-order valence-electron chi connectivity index (χ3n) is 4.93. The number of hydrogen-bond donors (Lipinski definition) is 7. The van der Waals surface area contributed by atoms with E-state index in [4.69, 9.17) is 18.9 Å². The summed E-state index contributed by atoms with van der Waals surface area (Å²) >= 11 is 0. The smallest absolute Gasteiger partial charge is 0.229 e. The van der Waals surface area contributed by atoms with Crippen molar-refractivity contribution in [2.45, 2.75) is 61.9 Å². The predicted octanol–water partition coefficient (Wildman–Crippen LogP) is -3.18. The van der Waals surface area contributed by atoms with Gasteiger partial charge >= 0.3 is 0 Å². The summed E-state index contributed by atoms with van der Waals surface area (Å²) < 4.78 is 21.5. The molecule has 7 N–H and O–H groups in total. The molecule has 2 heterocycles. The van der Waals surface area contributed by atoms with Gasteiger partial charge in [-0.3, -0.25) is 0 Å². The van der Waals surface area contributed by atoms with Crippen LogP contribution < -0.4 is 4.74 Å². The number of aliphatic hydroxyl groups excluding tert-OH is 7. The lowest BCUT2D eigenvalue weighted by molar-refractivity contribution is -0.307. The molecule has 0 aliphatic carbocycles. The van der Waals surface area contributed by atoms with Gasteiger partial charge in [-0.25, -0.2) is 0 Å². The van der Waals surface area contributed by atoms with E-state index in [9.17, 15) is 35.7 Å². The maximum Gasteiger partial charge on any atom is 0.229 e. The monoisotopic (exact) mass is 418 g/mol. The fraction of sp³-hybridized carbons (Fsp3) is 0.667. The molecule has 0 amide bonds. The van der Waals surface area contributed by atoms with Gasteiger partial charge in [0.25, 0.3) is 0 Å². The molecule has 3 rings (SSSR count). The van der Waals surface area contributed by atoms with Crippen molar-refractivity contribution >= 4 is 0 Å². The first kappa shape index (κ1) is 22.3. The molecule has 0 saturated carbocycles. The summed E-state index contributed by atoms with van der Waals surface area (Å²) in [5.41, 5.74) is 0.433. The molecule has 164 valence electrons. The van der Waals surface area contributed by atoms with Crippen LogP contribution in [0.5, 0.6) is 5.75 Å². The van der Waals surface area contributed by atoms with Gasteiger partial charge in [0.15, 0.2) is 6.29 Å². The van der Waals surface area contributed by atoms with E-state index in [1.54, 1.807) is 24.3 Å². The summed E-state index contributed by atoms with van der Waals surface area (Å²) in [5, 5.41) is 68.9. The minimum Gasteiger partial charge on any atom is -0.462 e. The van der Waals surface area contributed by atoms with E-state index in [0.717, 1.165) is 0 Å². The molecule has 2 saturated heterocycles. The van der Waals surface area contributed by atoms with Crippen LogP contribution in [0.1, 0.15) is 5.56 Å². The quantitative estimate of drug-likeness (QED) is 0.248. The average molecular weight is 418 g/mol. The molecule has 0 spiro atoms. The van der Waals surface area contributed by atoms with Crippen LogP contribution in [0, 0.1) is 0 Å². The highest BCUT2D eigenvalue weighted by Gasteiger charge is 2.46.